The molecular weight excluding hydrogens is 330 g/mol. The lowest BCUT2D eigenvalue weighted by Gasteiger charge is -2.23. The summed E-state index contributed by atoms with van der Waals surface area (Å²) in [6, 6.07) is 10.1. The van der Waals surface area contributed by atoms with Crippen LogP contribution in [0.4, 0.5) is 0 Å². The molecule has 0 spiro atoms. The number of aryl methyl sites for hydroxylation is 1. The van der Waals surface area contributed by atoms with Crippen LogP contribution in [-0.2, 0) is 17.7 Å². The maximum atomic E-state index is 8.90. The fraction of sp³-hybridized carbons (Fsp3) is 0.500. The molecule has 1 fully saturated rings. The minimum atomic E-state index is 0.0257. The van der Waals surface area contributed by atoms with Crippen molar-refractivity contribution in [2.24, 2.45) is 5.92 Å². The highest BCUT2D eigenvalue weighted by molar-refractivity contribution is 5.28. The summed E-state index contributed by atoms with van der Waals surface area (Å²) >= 11 is 0. The number of aliphatic hydroxyl groups excluding tert-OH is 1. The van der Waals surface area contributed by atoms with E-state index >= 15 is 0 Å². The molecule has 0 aliphatic carbocycles. The maximum absolute atomic E-state index is 8.90. The number of aromatic nitrogens is 2. The summed E-state index contributed by atoms with van der Waals surface area (Å²) in [7, 11) is 0. The molecule has 1 aliphatic heterocycles. The third-order valence-corrected chi connectivity index (χ3v) is 4.44. The Balaban J connectivity index is 1.60. The van der Waals surface area contributed by atoms with Crippen molar-refractivity contribution >= 4 is 0 Å². The van der Waals surface area contributed by atoms with Crippen LogP contribution in [-0.4, -0.2) is 59.5 Å². The standard InChI is InChI=1S/C20H27N3O3/c1-16-9-19(22-15-21-16)10-18-13-23(5-7-25-14-18)12-17-3-2-4-20(11-17)26-8-6-24/h2-4,9,11,15,18,24H,5-8,10,12-14H2,1H3/t18-/m1/s1. The molecule has 1 aliphatic rings. The third-order valence-electron chi connectivity index (χ3n) is 4.44. The fourth-order valence-corrected chi connectivity index (χ4v) is 3.29. The lowest BCUT2D eigenvalue weighted by molar-refractivity contribution is 0.121. The van der Waals surface area contributed by atoms with E-state index in [0.29, 0.717) is 12.5 Å². The molecule has 0 amide bonds. The van der Waals surface area contributed by atoms with E-state index in [9.17, 15) is 0 Å². The molecule has 1 aromatic carbocycles. The van der Waals surface area contributed by atoms with E-state index in [0.717, 1.165) is 56.4 Å². The van der Waals surface area contributed by atoms with Crippen molar-refractivity contribution in [2.75, 3.05) is 39.5 Å². The first kappa shape index (κ1) is 18.8. The van der Waals surface area contributed by atoms with Crippen molar-refractivity contribution in [2.45, 2.75) is 19.9 Å². The van der Waals surface area contributed by atoms with Crippen LogP contribution < -0.4 is 4.74 Å². The number of hydrogen-bond acceptors (Lipinski definition) is 6. The predicted octanol–water partition coefficient (Wildman–Crippen LogP) is 1.85. The first-order valence-electron chi connectivity index (χ1n) is 9.13. The second kappa shape index (κ2) is 9.62. The van der Waals surface area contributed by atoms with E-state index in [-0.39, 0.29) is 6.61 Å². The second-order valence-electron chi connectivity index (χ2n) is 6.75. The lowest BCUT2D eigenvalue weighted by atomic mass is 10.0. The third kappa shape index (κ3) is 5.76. The van der Waals surface area contributed by atoms with Gasteiger partial charge in [0.05, 0.1) is 19.8 Å². The molecule has 2 heterocycles. The van der Waals surface area contributed by atoms with E-state index in [2.05, 4.69) is 27.0 Å². The van der Waals surface area contributed by atoms with Gasteiger partial charge in [-0.25, -0.2) is 9.97 Å². The molecule has 26 heavy (non-hydrogen) atoms. The summed E-state index contributed by atoms with van der Waals surface area (Å²) in [6.07, 6.45) is 2.54. The van der Waals surface area contributed by atoms with Crippen molar-refractivity contribution in [1.29, 1.82) is 0 Å². The molecule has 1 saturated heterocycles. The Morgan fingerprint density at radius 1 is 1.31 bits per heavy atom. The first-order valence-corrected chi connectivity index (χ1v) is 9.13. The molecule has 0 saturated carbocycles. The Bertz CT molecular complexity index is 696. The second-order valence-corrected chi connectivity index (χ2v) is 6.75. The van der Waals surface area contributed by atoms with Crippen molar-refractivity contribution in [1.82, 2.24) is 14.9 Å². The molecule has 2 aromatic rings. The molecule has 0 radical (unpaired) electrons. The first-order chi connectivity index (χ1) is 12.7. The Morgan fingerprint density at radius 2 is 2.23 bits per heavy atom. The van der Waals surface area contributed by atoms with Gasteiger partial charge in [-0.15, -0.1) is 0 Å². The minimum absolute atomic E-state index is 0.0257. The van der Waals surface area contributed by atoms with Crippen molar-refractivity contribution in [3.63, 3.8) is 0 Å². The van der Waals surface area contributed by atoms with Gasteiger partial charge in [0.15, 0.2) is 0 Å². The van der Waals surface area contributed by atoms with E-state index in [1.54, 1.807) is 6.33 Å². The van der Waals surface area contributed by atoms with Crippen LogP contribution in [0.1, 0.15) is 17.0 Å². The molecule has 0 bridgehead atoms. The fourth-order valence-electron chi connectivity index (χ4n) is 3.29. The van der Waals surface area contributed by atoms with E-state index in [1.807, 2.05) is 25.1 Å². The van der Waals surface area contributed by atoms with Crippen LogP contribution in [0.25, 0.3) is 0 Å². The summed E-state index contributed by atoms with van der Waals surface area (Å²) < 4.78 is 11.3. The highest BCUT2D eigenvalue weighted by Gasteiger charge is 2.20. The smallest absolute Gasteiger partial charge is 0.119 e. The maximum Gasteiger partial charge on any atom is 0.119 e. The van der Waals surface area contributed by atoms with Crippen LogP contribution in [0.5, 0.6) is 5.75 Å². The van der Waals surface area contributed by atoms with Gasteiger partial charge >= 0.3 is 0 Å². The molecule has 1 atom stereocenters. The van der Waals surface area contributed by atoms with E-state index in [4.69, 9.17) is 14.6 Å². The van der Waals surface area contributed by atoms with Crippen LogP contribution in [0.2, 0.25) is 0 Å². The zero-order valence-corrected chi connectivity index (χ0v) is 15.3. The highest BCUT2D eigenvalue weighted by Crippen LogP contribution is 2.18. The number of benzene rings is 1. The van der Waals surface area contributed by atoms with Gasteiger partial charge in [0, 0.05) is 36.9 Å². The average molecular weight is 357 g/mol. The van der Waals surface area contributed by atoms with Gasteiger partial charge in [0.2, 0.25) is 0 Å². The number of hydrogen-bond donors (Lipinski definition) is 1. The summed E-state index contributed by atoms with van der Waals surface area (Å²) in [5.41, 5.74) is 3.28. The molecule has 3 rings (SSSR count). The number of aliphatic hydroxyl groups is 1. The Kier molecular flexibility index (Phi) is 6.94. The summed E-state index contributed by atoms with van der Waals surface area (Å²) in [5, 5.41) is 8.90. The average Bonchev–Trinajstić information content (AvgIpc) is 2.85. The van der Waals surface area contributed by atoms with Gasteiger partial charge in [-0.3, -0.25) is 4.90 Å². The molecular formula is C20H27N3O3. The number of nitrogens with zero attached hydrogens (tertiary/aromatic N) is 3. The number of ether oxygens (including phenoxy) is 2. The SMILES string of the molecule is Cc1cc(C[C@H]2COCCN(Cc3cccc(OCCO)c3)C2)ncn1. The topological polar surface area (TPSA) is 67.7 Å². The molecule has 6 nitrogen and oxygen atoms in total. The minimum Gasteiger partial charge on any atom is -0.491 e. The highest BCUT2D eigenvalue weighted by atomic mass is 16.5. The quantitative estimate of drug-likeness (QED) is 0.816. The predicted molar refractivity (Wildman–Crippen MR) is 99.1 cm³/mol. The number of rotatable bonds is 7. The monoisotopic (exact) mass is 357 g/mol. The summed E-state index contributed by atoms with van der Waals surface area (Å²) in [5.74, 6) is 1.22. The zero-order chi connectivity index (χ0) is 18.2. The largest absolute Gasteiger partial charge is 0.491 e. The molecule has 1 N–H and O–H groups in total. The van der Waals surface area contributed by atoms with Crippen LogP contribution in [0, 0.1) is 12.8 Å². The van der Waals surface area contributed by atoms with Crippen molar-refractivity contribution in [3.8, 4) is 5.75 Å². The zero-order valence-electron chi connectivity index (χ0n) is 15.3. The van der Waals surface area contributed by atoms with Gasteiger partial charge in [-0.1, -0.05) is 12.1 Å². The molecule has 1 aromatic heterocycles. The van der Waals surface area contributed by atoms with Gasteiger partial charge in [-0.05, 0) is 37.1 Å². The van der Waals surface area contributed by atoms with Crippen molar-refractivity contribution < 1.29 is 14.6 Å². The Hall–Kier alpha value is -2.02. The molecule has 140 valence electrons. The van der Waals surface area contributed by atoms with E-state index in [1.165, 1.54) is 5.56 Å². The van der Waals surface area contributed by atoms with Crippen LogP contribution >= 0.6 is 0 Å². The van der Waals surface area contributed by atoms with Crippen molar-refractivity contribution in [3.05, 3.63) is 53.6 Å². The van der Waals surface area contributed by atoms with Crippen LogP contribution in [0.3, 0.4) is 0 Å². The molecule has 0 unspecified atom stereocenters. The van der Waals surface area contributed by atoms with Crippen LogP contribution in [0.15, 0.2) is 36.7 Å². The Labute approximate surface area is 154 Å². The van der Waals surface area contributed by atoms with Gasteiger partial charge in [0.1, 0.15) is 18.7 Å². The summed E-state index contributed by atoms with van der Waals surface area (Å²) in [6.45, 7) is 6.61. The van der Waals surface area contributed by atoms with Gasteiger partial charge < -0.3 is 14.6 Å². The normalized spacial score (nSPS) is 18.5. The van der Waals surface area contributed by atoms with Gasteiger partial charge in [0.25, 0.3) is 0 Å². The molecule has 6 heteroatoms. The van der Waals surface area contributed by atoms with E-state index < -0.39 is 0 Å². The van der Waals surface area contributed by atoms with Gasteiger partial charge in [-0.2, -0.15) is 0 Å². The Morgan fingerprint density at radius 3 is 3.08 bits per heavy atom. The summed E-state index contributed by atoms with van der Waals surface area (Å²) in [4.78, 5) is 11.0. The lowest BCUT2D eigenvalue weighted by Crippen LogP contribution is -2.30.